The number of unbranched alkanes of at least 4 members (excludes halogenated alkanes) is 20. The summed E-state index contributed by atoms with van der Waals surface area (Å²) in [5.41, 5.74) is 0. The highest BCUT2D eigenvalue weighted by molar-refractivity contribution is 7.47. The van der Waals surface area contributed by atoms with E-state index in [-0.39, 0.29) is 32.0 Å². The van der Waals surface area contributed by atoms with Gasteiger partial charge in [-0.15, -0.1) is 0 Å². The first-order valence-corrected chi connectivity index (χ1v) is 34.1. The molecule has 0 heterocycles. The third-order valence-corrected chi connectivity index (χ3v) is 14.3. The molecule has 0 radical (unpaired) electrons. The summed E-state index contributed by atoms with van der Waals surface area (Å²) < 4.78 is 34.6. The van der Waals surface area contributed by atoms with Crippen molar-refractivity contribution in [3.8, 4) is 0 Å². The van der Waals surface area contributed by atoms with Gasteiger partial charge in [0.05, 0.1) is 27.7 Å². The number of carbonyl (C=O) groups is 2. The van der Waals surface area contributed by atoms with Crippen molar-refractivity contribution in [3.05, 3.63) is 146 Å². The fraction of sp³-hybridized carbons (Fsp3) is 0.639. The average Bonchev–Trinajstić information content (AvgIpc) is 3.46. The van der Waals surface area contributed by atoms with Crippen LogP contribution < -0.4 is 0 Å². The van der Waals surface area contributed by atoms with Crippen molar-refractivity contribution in [2.45, 2.75) is 251 Å². The molecule has 1 N–H and O–H groups in total. The van der Waals surface area contributed by atoms with Gasteiger partial charge in [0.15, 0.2) is 6.10 Å². The minimum Gasteiger partial charge on any atom is -0.462 e. The summed E-state index contributed by atoms with van der Waals surface area (Å²) in [5.74, 6) is -0.853. The number of hydrogen-bond donors (Lipinski definition) is 1. The van der Waals surface area contributed by atoms with Gasteiger partial charge in [-0.25, -0.2) is 4.57 Å². The maximum Gasteiger partial charge on any atom is 0.472 e. The number of allylic oxidation sites excluding steroid dienone is 24. The van der Waals surface area contributed by atoms with Crippen LogP contribution in [0.25, 0.3) is 0 Å². The molecule has 10 heteroatoms. The zero-order valence-corrected chi connectivity index (χ0v) is 53.8. The molecule has 0 rings (SSSR count). The molecule has 0 aliphatic rings. The van der Waals surface area contributed by atoms with Crippen molar-refractivity contribution in [2.75, 3.05) is 47.5 Å². The van der Waals surface area contributed by atoms with E-state index in [1.807, 2.05) is 21.1 Å². The van der Waals surface area contributed by atoms with Crippen LogP contribution in [-0.2, 0) is 32.7 Å². The molecule has 0 spiro atoms. The predicted octanol–water partition coefficient (Wildman–Crippen LogP) is 21.0. The van der Waals surface area contributed by atoms with Gasteiger partial charge in [-0.1, -0.05) is 262 Å². The van der Waals surface area contributed by atoms with Crippen LogP contribution in [0.1, 0.15) is 245 Å². The van der Waals surface area contributed by atoms with E-state index in [4.69, 9.17) is 18.5 Å². The van der Waals surface area contributed by atoms with Gasteiger partial charge in [0.2, 0.25) is 0 Å². The molecular weight excluding hydrogens is 1040 g/mol. The number of hydrogen-bond acceptors (Lipinski definition) is 7. The Morgan fingerprint density at radius 1 is 0.378 bits per heavy atom. The lowest BCUT2D eigenvalue weighted by Gasteiger charge is -2.24. The Bertz CT molecular complexity index is 1890. The summed E-state index contributed by atoms with van der Waals surface area (Å²) in [5, 5.41) is 0. The van der Waals surface area contributed by atoms with Crippen molar-refractivity contribution in [3.63, 3.8) is 0 Å². The van der Waals surface area contributed by atoms with Crippen molar-refractivity contribution >= 4 is 19.8 Å². The van der Waals surface area contributed by atoms with Crippen LogP contribution >= 0.6 is 7.82 Å². The molecule has 0 amide bonds. The highest BCUT2D eigenvalue weighted by atomic mass is 31.2. The molecule has 82 heavy (non-hydrogen) atoms. The maximum atomic E-state index is 12.8. The van der Waals surface area contributed by atoms with Crippen LogP contribution in [0.4, 0.5) is 0 Å². The Morgan fingerprint density at radius 3 is 1.00 bits per heavy atom. The first-order valence-electron chi connectivity index (χ1n) is 32.6. The second-order valence-corrected chi connectivity index (χ2v) is 23.8. The van der Waals surface area contributed by atoms with E-state index in [0.717, 1.165) is 109 Å². The number of esters is 2. The van der Waals surface area contributed by atoms with E-state index in [9.17, 15) is 19.0 Å². The highest BCUT2D eigenvalue weighted by Crippen LogP contribution is 2.43. The van der Waals surface area contributed by atoms with Gasteiger partial charge in [0, 0.05) is 12.8 Å². The Labute approximate surface area is 503 Å². The topological polar surface area (TPSA) is 108 Å². The minimum absolute atomic E-state index is 0.0160. The first kappa shape index (κ1) is 77.9. The van der Waals surface area contributed by atoms with Crippen LogP contribution in [0.5, 0.6) is 0 Å². The van der Waals surface area contributed by atoms with Gasteiger partial charge in [-0.3, -0.25) is 18.6 Å². The molecular formula is C72H121NO8P+. The molecule has 0 saturated heterocycles. The van der Waals surface area contributed by atoms with E-state index in [2.05, 4.69) is 160 Å². The Balaban J connectivity index is 4.18. The summed E-state index contributed by atoms with van der Waals surface area (Å²) >= 11 is 0. The fourth-order valence-electron chi connectivity index (χ4n) is 8.43. The van der Waals surface area contributed by atoms with E-state index >= 15 is 0 Å². The van der Waals surface area contributed by atoms with Crippen LogP contribution in [-0.4, -0.2) is 74.9 Å². The van der Waals surface area contributed by atoms with E-state index < -0.39 is 26.5 Å². The quantitative estimate of drug-likeness (QED) is 0.0211. The summed E-state index contributed by atoms with van der Waals surface area (Å²) in [7, 11) is 1.43. The zero-order chi connectivity index (χ0) is 59.8. The summed E-state index contributed by atoms with van der Waals surface area (Å²) in [4.78, 5) is 35.8. The largest absolute Gasteiger partial charge is 0.472 e. The molecule has 0 aromatic rings. The third-order valence-electron chi connectivity index (χ3n) is 13.4. The summed E-state index contributed by atoms with van der Waals surface area (Å²) in [6, 6.07) is 0. The molecule has 466 valence electrons. The lowest BCUT2D eigenvalue weighted by Crippen LogP contribution is -2.37. The number of nitrogens with zero attached hydrogens (tertiary/aromatic N) is 1. The van der Waals surface area contributed by atoms with Gasteiger partial charge in [0.1, 0.15) is 19.8 Å². The number of likely N-dealkylation sites (N-methyl/N-ethyl adjacent to an activating group) is 1. The van der Waals surface area contributed by atoms with Gasteiger partial charge in [-0.2, -0.15) is 0 Å². The lowest BCUT2D eigenvalue weighted by molar-refractivity contribution is -0.870. The number of quaternary nitrogens is 1. The molecule has 0 fully saturated rings. The molecule has 0 aliphatic heterocycles. The molecule has 0 aromatic heterocycles. The molecule has 0 aromatic carbocycles. The molecule has 9 nitrogen and oxygen atoms in total. The number of ether oxygens (including phenoxy) is 2. The number of carbonyl (C=O) groups excluding carboxylic acids is 2. The van der Waals surface area contributed by atoms with Crippen LogP contribution in [0.15, 0.2) is 146 Å². The monoisotopic (exact) mass is 1160 g/mol. The molecule has 0 saturated carbocycles. The van der Waals surface area contributed by atoms with Crippen LogP contribution in [0.2, 0.25) is 0 Å². The molecule has 2 atom stereocenters. The molecule has 0 aliphatic carbocycles. The predicted molar refractivity (Wildman–Crippen MR) is 353 cm³/mol. The summed E-state index contributed by atoms with van der Waals surface area (Å²) in [6.07, 6.45) is 90.8. The second kappa shape index (κ2) is 61.5. The SMILES string of the molecule is CC/C=C\C/C=C\C/C=C\C/C=C\C/C=C\C/C=C\C/C=C\C/C=C\CCCCC(=O)OC(COC(=O)CCCCCCCCCCCCCCCCCCCC/C=C\C/C=C\C/C=C\C/C=C\CC)COP(=O)(O)OCC[N+](C)(C)C. The zero-order valence-electron chi connectivity index (χ0n) is 52.9. The van der Waals surface area contributed by atoms with Gasteiger partial charge < -0.3 is 18.9 Å². The summed E-state index contributed by atoms with van der Waals surface area (Å²) in [6.45, 7) is 4.15. The number of phosphoric ester groups is 1. The third kappa shape index (κ3) is 65.0. The standard InChI is InChI=1S/C72H120NO8P/c1-6-8-10-12-14-16-18-20-22-24-26-28-30-32-34-35-36-37-39-40-42-44-46-48-50-52-54-56-58-60-62-64-71(74)78-68-70(69-80-82(76,77)79-67-66-73(3,4)5)81-72(75)65-63-61-59-57-55-53-51-49-47-45-43-41-38-33-31-29-27-25-23-21-19-17-15-13-11-9-7-2/h8-11,14-17,20-23,26-29,33,38,43,45,49,51,55,57,70H,6-7,12-13,18-19,24-25,30-32,34-37,39-42,44,46-48,50,52-54,56,58-69H2,1-5H3/p+1/b10-8-,11-9-,16-14-,17-15-,22-20-,23-21-,28-26-,29-27-,38-33-,45-43-,51-49-,57-55-. The first-order chi connectivity index (χ1) is 40.0. The minimum atomic E-state index is -4.41. The van der Waals surface area contributed by atoms with Crippen molar-refractivity contribution in [1.29, 1.82) is 0 Å². The Hall–Kier alpha value is -4.11. The highest BCUT2D eigenvalue weighted by Gasteiger charge is 2.27. The number of rotatable bonds is 58. The van der Waals surface area contributed by atoms with E-state index in [0.29, 0.717) is 17.4 Å². The van der Waals surface area contributed by atoms with Crippen molar-refractivity contribution in [2.24, 2.45) is 0 Å². The van der Waals surface area contributed by atoms with Gasteiger partial charge in [-0.05, 0) is 116 Å². The lowest BCUT2D eigenvalue weighted by atomic mass is 10.0. The van der Waals surface area contributed by atoms with Crippen molar-refractivity contribution in [1.82, 2.24) is 0 Å². The van der Waals surface area contributed by atoms with Crippen LogP contribution in [0.3, 0.4) is 0 Å². The molecule has 2 unspecified atom stereocenters. The smallest absolute Gasteiger partial charge is 0.462 e. The second-order valence-electron chi connectivity index (χ2n) is 22.4. The van der Waals surface area contributed by atoms with Crippen molar-refractivity contribution < 1.29 is 42.1 Å². The van der Waals surface area contributed by atoms with Gasteiger partial charge in [0.25, 0.3) is 0 Å². The Morgan fingerprint density at radius 2 is 0.659 bits per heavy atom. The van der Waals surface area contributed by atoms with Gasteiger partial charge >= 0.3 is 19.8 Å². The Kier molecular flexibility index (Phi) is 58.4. The van der Waals surface area contributed by atoms with E-state index in [1.165, 1.54) is 103 Å². The molecule has 0 bridgehead atoms. The number of phosphoric acid groups is 1. The normalized spacial score (nSPS) is 14.2. The van der Waals surface area contributed by atoms with E-state index in [1.54, 1.807) is 0 Å². The maximum absolute atomic E-state index is 12.8. The fourth-order valence-corrected chi connectivity index (χ4v) is 9.18. The van der Waals surface area contributed by atoms with Crippen LogP contribution in [0, 0.1) is 0 Å². The average molecular weight is 1160 g/mol.